The van der Waals surface area contributed by atoms with Crippen LogP contribution < -0.4 is 14.8 Å². The third-order valence-electron chi connectivity index (χ3n) is 5.10. The molecule has 2 aromatic rings. The Labute approximate surface area is 192 Å². The Bertz CT molecular complexity index is 930. The van der Waals surface area contributed by atoms with E-state index in [0.717, 1.165) is 24.2 Å². The molecule has 1 heterocycles. The SMILES string of the molecule is COc1cc(/C=C/C(=O)NCC(c2ccccc2Cl)N2CCOCC2)cc(Cl)c1OC. The standard InChI is InChI=1S/C23H26Cl2N2O4/c1-29-21-14-16(13-19(25)23(21)30-2)7-8-22(28)26-15-20(27-9-11-31-12-10-27)17-5-3-4-6-18(17)24/h3-8,13-14,20H,9-12,15H2,1-2H3,(H,26,28)/b8-7+. The summed E-state index contributed by atoms with van der Waals surface area (Å²) in [5, 5.41) is 4.08. The fourth-order valence-corrected chi connectivity index (χ4v) is 4.09. The number of hydrogen-bond acceptors (Lipinski definition) is 5. The fraction of sp³-hybridized carbons (Fsp3) is 0.348. The smallest absolute Gasteiger partial charge is 0.244 e. The van der Waals surface area contributed by atoms with Gasteiger partial charge < -0.3 is 19.5 Å². The normalized spacial score (nSPS) is 15.6. The van der Waals surface area contributed by atoms with Crippen LogP contribution in [0.3, 0.4) is 0 Å². The number of carbonyl (C=O) groups excluding carboxylic acids is 1. The van der Waals surface area contributed by atoms with Crippen molar-refractivity contribution in [2.24, 2.45) is 0 Å². The van der Waals surface area contributed by atoms with Crippen molar-refractivity contribution in [3.05, 3.63) is 63.6 Å². The molecule has 1 fully saturated rings. The average molecular weight is 465 g/mol. The van der Waals surface area contributed by atoms with Crippen molar-refractivity contribution < 1.29 is 19.0 Å². The van der Waals surface area contributed by atoms with Gasteiger partial charge in [0.15, 0.2) is 11.5 Å². The van der Waals surface area contributed by atoms with E-state index < -0.39 is 0 Å². The van der Waals surface area contributed by atoms with E-state index >= 15 is 0 Å². The van der Waals surface area contributed by atoms with E-state index in [9.17, 15) is 4.79 Å². The Kier molecular flexibility index (Phi) is 8.60. The summed E-state index contributed by atoms with van der Waals surface area (Å²) in [6.07, 6.45) is 3.16. The molecule has 1 unspecified atom stereocenters. The van der Waals surface area contributed by atoms with E-state index in [4.69, 9.17) is 37.4 Å². The highest BCUT2D eigenvalue weighted by Gasteiger charge is 2.24. The Balaban J connectivity index is 1.70. The van der Waals surface area contributed by atoms with Gasteiger partial charge in [-0.15, -0.1) is 0 Å². The maximum atomic E-state index is 12.5. The number of methoxy groups -OCH3 is 2. The van der Waals surface area contributed by atoms with E-state index in [1.54, 1.807) is 18.2 Å². The van der Waals surface area contributed by atoms with Crippen molar-refractivity contribution in [1.82, 2.24) is 10.2 Å². The summed E-state index contributed by atoms with van der Waals surface area (Å²) in [7, 11) is 3.06. The van der Waals surface area contributed by atoms with Crippen molar-refractivity contribution in [2.45, 2.75) is 6.04 Å². The lowest BCUT2D eigenvalue weighted by Crippen LogP contribution is -2.43. The number of nitrogens with one attached hydrogen (secondary N) is 1. The number of benzene rings is 2. The second kappa shape index (κ2) is 11.4. The highest BCUT2D eigenvalue weighted by atomic mass is 35.5. The average Bonchev–Trinajstić information content (AvgIpc) is 2.79. The zero-order valence-corrected chi connectivity index (χ0v) is 19.1. The molecular weight excluding hydrogens is 439 g/mol. The first kappa shape index (κ1) is 23.4. The number of halogens is 2. The number of amides is 1. The third kappa shape index (κ3) is 6.14. The molecule has 1 atom stereocenters. The molecular formula is C23H26Cl2N2O4. The maximum Gasteiger partial charge on any atom is 0.244 e. The summed E-state index contributed by atoms with van der Waals surface area (Å²) in [4.78, 5) is 14.8. The van der Waals surface area contributed by atoms with Crippen molar-refractivity contribution in [2.75, 3.05) is 47.1 Å². The molecule has 0 aliphatic carbocycles. The quantitative estimate of drug-likeness (QED) is 0.592. The van der Waals surface area contributed by atoms with Crippen molar-refractivity contribution in [3.63, 3.8) is 0 Å². The third-order valence-corrected chi connectivity index (χ3v) is 5.73. The molecule has 6 nitrogen and oxygen atoms in total. The molecule has 1 aliphatic rings. The number of rotatable bonds is 8. The van der Waals surface area contributed by atoms with Gasteiger partial charge in [0, 0.05) is 30.7 Å². The van der Waals surface area contributed by atoms with Crippen LogP contribution >= 0.6 is 23.2 Å². The summed E-state index contributed by atoms with van der Waals surface area (Å²) in [6.45, 7) is 3.32. The topological polar surface area (TPSA) is 60.0 Å². The first-order valence-corrected chi connectivity index (χ1v) is 10.7. The zero-order valence-electron chi connectivity index (χ0n) is 17.6. The lowest BCUT2D eigenvalue weighted by Gasteiger charge is -2.35. The predicted molar refractivity (Wildman–Crippen MR) is 123 cm³/mol. The minimum Gasteiger partial charge on any atom is -0.493 e. The van der Waals surface area contributed by atoms with Crippen LogP contribution in [0.15, 0.2) is 42.5 Å². The van der Waals surface area contributed by atoms with Gasteiger partial charge in [-0.3, -0.25) is 9.69 Å². The van der Waals surface area contributed by atoms with Crippen LogP contribution in [0.2, 0.25) is 10.0 Å². The number of morpholine rings is 1. The molecule has 166 valence electrons. The summed E-state index contributed by atoms with van der Waals surface area (Å²) < 4.78 is 16.0. The number of nitrogens with zero attached hydrogens (tertiary/aromatic N) is 1. The fourth-order valence-electron chi connectivity index (χ4n) is 3.53. The van der Waals surface area contributed by atoms with Gasteiger partial charge in [-0.05, 0) is 35.4 Å². The molecule has 31 heavy (non-hydrogen) atoms. The lowest BCUT2D eigenvalue weighted by atomic mass is 10.0. The maximum absolute atomic E-state index is 12.5. The van der Waals surface area contributed by atoms with Crippen molar-refractivity contribution >= 4 is 35.2 Å². The van der Waals surface area contributed by atoms with Crippen LogP contribution in [0.25, 0.3) is 6.08 Å². The van der Waals surface area contributed by atoms with E-state index in [2.05, 4.69) is 10.2 Å². The monoisotopic (exact) mass is 464 g/mol. The minimum absolute atomic E-state index is 0.0366. The molecule has 0 bridgehead atoms. The largest absolute Gasteiger partial charge is 0.493 e. The molecule has 3 rings (SSSR count). The minimum atomic E-state index is -0.212. The molecule has 1 N–H and O–H groups in total. The van der Waals surface area contributed by atoms with E-state index in [0.29, 0.717) is 41.3 Å². The molecule has 8 heteroatoms. The summed E-state index contributed by atoms with van der Waals surface area (Å²) in [5.74, 6) is 0.747. The highest BCUT2D eigenvalue weighted by molar-refractivity contribution is 6.32. The molecule has 1 aliphatic heterocycles. The Morgan fingerprint density at radius 3 is 2.58 bits per heavy atom. The van der Waals surface area contributed by atoms with Crippen LogP contribution in [0, 0.1) is 0 Å². The highest BCUT2D eigenvalue weighted by Crippen LogP contribution is 2.36. The predicted octanol–water partition coefficient (Wildman–Crippen LogP) is 4.21. The molecule has 2 aromatic carbocycles. The summed E-state index contributed by atoms with van der Waals surface area (Å²) in [5.41, 5.74) is 1.72. The van der Waals surface area contributed by atoms with Gasteiger partial charge in [-0.2, -0.15) is 0 Å². The summed E-state index contributed by atoms with van der Waals surface area (Å²) in [6, 6.07) is 11.2. The Morgan fingerprint density at radius 2 is 1.90 bits per heavy atom. The van der Waals surface area contributed by atoms with Gasteiger partial charge in [0.1, 0.15) is 0 Å². The second-order valence-corrected chi connectivity index (χ2v) is 7.82. The Morgan fingerprint density at radius 1 is 1.16 bits per heavy atom. The van der Waals surface area contributed by atoms with Crippen LogP contribution in [0.5, 0.6) is 11.5 Å². The van der Waals surface area contributed by atoms with Crippen molar-refractivity contribution in [1.29, 1.82) is 0 Å². The zero-order chi connectivity index (χ0) is 22.2. The summed E-state index contributed by atoms with van der Waals surface area (Å²) >= 11 is 12.7. The molecule has 0 saturated carbocycles. The van der Waals surface area contributed by atoms with E-state index in [-0.39, 0.29) is 11.9 Å². The molecule has 1 amide bonds. The van der Waals surface area contributed by atoms with E-state index in [1.807, 2.05) is 24.3 Å². The van der Waals surface area contributed by atoms with Gasteiger partial charge in [0.05, 0.1) is 38.5 Å². The first-order chi connectivity index (χ1) is 15.0. The number of hydrogen-bond donors (Lipinski definition) is 1. The second-order valence-electron chi connectivity index (χ2n) is 7.00. The van der Waals surface area contributed by atoms with Crippen molar-refractivity contribution in [3.8, 4) is 11.5 Å². The van der Waals surface area contributed by atoms with E-state index in [1.165, 1.54) is 20.3 Å². The number of ether oxygens (including phenoxy) is 3. The van der Waals surface area contributed by atoms with Crippen LogP contribution in [-0.2, 0) is 9.53 Å². The van der Waals surface area contributed by atoms with Gasteiger partial charge >= 0.3 is 0 Å². The van der Waals surface area contributed by atoms with Gasteiger partial charge in [0.25, 0.3) is 0 Å². The molecule has 0 spiro atoms. The van der Waals surface area contributed by atoms with Crippen LogP contribution in [-0.4, -0.2) is 57.9 Å². The van der Waals surface area contributed by atoms with Gasteiger partial charge in [0.2, 0.25) is 5.91 Å². The lowest BCUT2D eigenvalue weighted by molar-refractivity contribution is -0.116. The molecule has 1 saturated heterocycles. The van der Waals surface area contributed by atoms with Gasteiger partial charge in [-0.25, -0.2) is 0 Å². The van der Waals surface area contributed by atoms with Gasteiger partial charge in [-0.1, -0.05) is 41.4 Å². The molecule has 0 radical (unpaired) electrons. The number of carbonyl (C=O) groups is 1. The first-order valence-electron chi connectivity index (χ1n) is 9.97. The molecule has 0 aromatic heterocycles. The van der Waals surface area contributed by atoms with Crippen LogP contribution in [0.4, 0.5) is 0 Å². The van der Waals surface area contributed by atoms with Crippen LogP contribution in [0.1, 0.15) is 17.2 Å². The Hall–Kier alpha value is -2.25.